The first-order valence-corrected chi connectivity index (χ1v) is 8.02. The maximum atomic E-state index is 12.2. The second kappa shape index (κ2) is 7.59. The Hall–Kier alpha value is -1.89. The van der Waals surface area contributed by atoms with Crippen molar-refractivity contribution in [1.82, 2.24) is 19.8 Å². The molecular formula is C16H26N4O3. The van der Waals surface area contributed by atoms with Crippen LogP contribution in [0.3, 0.4) is 0 Å². The van der Waals surface area contributed by atoms with Crippen LogP contribution in [0.2, 0.25) is 0 Å². The van der Waals surface area contributed by atoms with E-state index in [-0.39, 0.29) is 11.8 Å². The molecule has 7 nitrogen and oxygen atoms in total. The Kier molecular flexibility index (Phi) is 5.76. The number of carbonyl (C=O) groups excluding carboxylic acids is 2. The minimum atomic E-state index is -0.558. The third-order valence-electron chi connectivity index (χ3n) is 3.81. The van der Waals surface area contributed by atoms with Crippen molar-refractivity contribution < 1.29 is 14.3 Å². The summed E-state index contributed by atoms with van der Waals surface area (Å²) in [4.78, 5) is 29.8. The Labute approximate surface area is 137 Å². The summed E-state index contributed by atoms with van der Waals surface area (Å²) < 4.78 is 7.62. The van der Waals surface area contributed by atoms with Gasteiger partial charge in [0.1, 0.15) is 18.0 Å². The molecule has 0 radical (unpaired) electrons. The maximum absolute atomic E-state index is 12.2. The van der Waals surface area contributed by atoms with Gasteiger partial charge in [-0.2, -0.15) is 0 Å². The highest BCUT2D eigenvalue weighted by atomic mass is 16.5. The fraction of sp³-hybridized carbons (Fsp3) is 0.688. The molecule has 2 heterocycles. The number of likely N-dealkylation sites (N-methyl/N-ethyl adjacent to an activating group) is 1. The average molecular weight is 322 g/mol. The summed E-state index contributed by atoms with van der Waals surface area (Å²) in [6.07, 6.45) is 3.73. The second-order valence-corrected chi connectivity index (χ2v) is 6.53. The van der Waals surface area contributed by atoms with Gasteiger partial charge in [-0.25, -0.2) is 4.98 Å². The molecule has 1 aromatic rings. The van der Waals surface area contributed by atoms with Crippen LogP contribution in [0.4, 0.5) is 0 Å². The Morgan fingerprint density at radius 3 is 2.74 bits per heavy atom. The van der Waals surface area contributed by atoms with E-state index in [4.69, 9.17) is 4.74 Å². The van der Waals surface area contributed by atoms with Gasteiger partial charge in [0.2, 0.25) is 5.91 Å². The van der Waals surface area contributed by atoms with E-state index in [0.29, 0.717) is 25.3 Å². The van der Waals surface area contributed by atoms with Gasteiger partial charge >= 0.3 is 0 Å². The topological polar surface area (TPSA) is 76.5 Å². The zero-order chi connectivity index (χ0) is 17.0. The summed E-state index contributed by atoms with van der Waals surface area (Å²) in [6, 6.07) is 0. The van der Waals surface area contributed by atoms with Crippen LogP contribution in [0, 0.1) is 5.92 Å². The SMILES string of the molecule is CC(C)Cn1ccnc1CNC(=O)[C@@H]1CC[C@H](C(=O)N(C)C)O1. The quantitative estimate of drug-likeness (QED) is 0.840. The van der Waals surface area contributed by atoms with Crippen LogP contribution in [-0.4, -0.2) is 52.6 Å². The predicted octanol–water partition coefficient (Wildman–Crippen LogP) is 0.791. The normalized spacial score (nSPS) is 20.7. The number of rotatable bonds is 6. The van der Waals surface area contributed by atoms with Crippen molar-refractivity contribution in [2.24, 2.45) is 5.92 Å². The lowest BCUT2D eigenvalue weighted by Gasteiger charge is -2.17. The number of carbonyl (C=O) groups is 2. The molecule has 1 aliphatic rings. The lowest BCUT2D eigenvalue weighted by atomic mass is 10.2. The zero-order valence-electron chi connectivity index (χ0n) is 14.3. The van der Waals surface area contributed by atoms with E-state index in [1.807, 2.05) is 10.8 Å². The minimum absolute atomic E-state index is 0.0900. The maximum Gasteiger partial charge on any atom is 0.251 e. The van der Waals surface area contributed by atoms with Gasteiger partial charge in [-0.3, -0.25) is 9.59 Å². The third kappa shape index (κ3) is 4.54. The van der Waals surface area contributed by atoms with Crippen molar-refractivity contribution in [3.05, 3.63) is 18.2 Å². The van der Waals surface area contributed by atoms with Gasteiger partial charge in [0.15, 0.2) is 0 Å². The summed E-state index contributed by atoms with van der Waals surface area (Å²) in [5.74, 6) is 1.06. The molecule has 1 fully saturated rings. The van der Waals surface area contributed by atoms with Crippen LogP contribution in [0.1, 0.15) is 32.5 Å². The predicted molar refractivity (Wildman–Crippen MR) is 85.5 cm³/mol. The molecule has 1 aromatic heterocycles. The first-order valence-electron chi connectivity index (χ1n) is 8.02. The van der Waals surface area contributed by atoms with Gasteiger partial charge in [0.05, 0.1) is 6.54 Å². The number of nitrogens with one attached hydrogen (secondary N) is 1. The first kappa shape index (κ1) is 17.5. The van der Waals surface area contributed by atoms with Gasteiger partial charge in [0.25, 0.3) is 5.91 Å². The van der Waals surface area contributed by atoms with E-state index >= 15 is 0 Å². The van der Waals surface area contributed by atoms with Crippen LogP contribution in [0.25, 0.3) is 0 Å². The van der Waals surface area contributed by atoms with Crippen molar-refractivity contribution in [3.63, 3.8) is 0 Å². The van der Waals surface area contributed by atoms with Gasteiger partial charge in [-0.15, -0.1) is 0 Å². The van der Waals surface area contributed by atoms with E-state index in [1.54, 1.807) is 20.3 Å². The van der Waals surface area contributed by atoms with Crippen LogP contribution in [0.5, 0.6) is 0 Å². The van der Waals surface area contributed by atoms with Crippen LogP contribution in [0.15, 0.2) is 12.4 Å². The number of hydrogen-bond donors (Lipinski definition) is 1. The fourth-order valence-electron chi connectivity index (χ4n) is 2.65. The monoisotopic (exact) mass is 322 g/mol. The van der Waals surface area contributed by atoms with Gasteiger partial charge in [-0.1, -0.05) is 13.8 Å². The molecule has 2 rings (SSSR count). The molecule has 128 valence electrons. The van der Waals surface area contributed by atoms with Crippen molar-refractivity contribution in [1.29, 1.82) is 0 Å². The molecule has 0 aromatic carbocycles. The van der Waals surface area contributed by atoms with Crippen LogP contribution in [-0.2, 0) is 27.4 Å². The highest BCUT2D eigenvalue weighted by Gasteiger charge is 2.35. The highest BCUT2D eigenvalue weighted by molar-refractivity contribution is 5.84. The van der Waals surface area contributed by atoms with Gasteiger partial charge in [0, 0.05) is 33.0 Å². The van der Waals surface area contributed by atoms with Crippen molar-refractivity contribution in [3.8, 4) is 0 Å². The molecule has 1 aliphatic heterocycles. The Morgan fingerprint density at radius 2 is 2.09 bits per heavy atom. The van der Waals surface area contributed by atoms with E-state index < -0.39 is 12.2 Å². The molecule has 0 unspecified atom stereocenters. The van der Waals surface area contributed by atoms with Crippen molar-refractivity contribution in [2.75, 3.05) is 14.1 Å². The van der Waals surface area contributed by atoms with Crippen molar-refractivity contribution >= 4 is 11.8 Å². The molecule has 7 heteroatoms. The lowest BCUT2D eigenvalue weighted by molar-refractivity contribution is -0.144. The number of aromatic nitrogens is 2. The molecule has 1 saturated heterocycles. The third-order valence-corrected chi connectivity index (χ3v) is 3.81. The number of nitrogens with zero attached hydrogens (tertiary/aromatic N) is 3. The van der Waals surface area contributed by atoms with E-state index in [2.05, 4.69) is 24.1 Å². The molecule has 1 N–H and O–H groups in total. The molecule has 0 saturated carbocycles. The molecule has 2 atom stereocenters. The minimum Gasteiger partial charge on any atom is -0.355 e. The highest BCUT2D eigenvalue weighted by Crippen LogP contribution is 2.21. The number of imidazole rings is 1. The number of hydrogen-bond acceptors (Lipinski definition) is 4. The van der Waals surface area contributed by atoms with E-state index in [1.165, 1.54) is 4.90 Å². The smallest absolute Gasteiger partial charge is 0.251 e. The molecule has 0 spiro atoms. The summed E-state index contributed by atoms with van der Waals surface area (Å²) >= 11 is 0. The van der Waals surface area contributed by atoms with Gasteiger partial charge in [-0.05, 0) is 18.8 Å². The van der Waals surface area contributed by atoms with E-state index in [9.17, 15) is 9.59 Å². The first-order chi connectivity index (χ1) is 10.9. The summed E-state index contributed by atoms with van der Waals surface area (Å²) in [7, 11) is 3.38. The second-order valence-electron chi connectivity index (χ2n) is 6.53. The fourth-order valence-corrected chi connectivity index (χ4v) is 2.65. The summed E-state index contributed by atoms with van der Waals surface area (Å²) in [5.41, 5.74) is 0. The van der Waals surface area contributed by atoms with Gasteiger partial charge < -0.3 is 19.5 Å². The molecule has 0 aliphatic carbocycles. The number of amides is 2. The Morgan fingerprint density at radius 1 is 1.39 bits per heavy atom. The van der Waals surface area contributed by atoms with E-state index in [0.717, 1.165) is 12.4 Å². The number of ether oxygens (including phenoxy) is 1. The molecule has 2 amide bonds. The molecule has 0 bridgehead atoms. The van der Waals surface area contributed by atoms with Crippen LogP contribution < -0.4 is 5.32 Å². The summed E-state index contributed by atoms with van der Waals surface area (Å²) in [5, 5.41) is 2.86. The standard InChI is InChI=1S/C16H26N4O3/c1-11(2)10-20-8-7-17-14(20)9-18-15(21)12-5-6-13(23-12)16(22)19(3)4/h7-8,11-13H,5-6,9-10H2,1-4H3,(H,18,21)/t12-,13+/m0/s1. The summed E-state index contributed by atoms with van der Waals surface area (Å²) in [6.45, 7) is 5.50. The zero-order valence-corrected chi connectivity index (χ0v) is 14.3. The molecule has 23 heavy (non-hydrogen) atoms. The Bertz CT molecular complexity index is 553. The average Bonchev–Trinajstić information content (AvgIpc) is 3.12. The Balaban J connectivity index is 1.84. The lowest BCUT2D eigenvalue weighted by Crippen LogP contribution is -2.38. The van der Waals surface area contributed by atoms with Crippen molar-refractivity contribution in [2.45, 2.75) is 52.0 Å². The molecular weight excluding hydrogens is 296 g/mol. The largest absolute Gasteiger partial charge is 0.355 e. The van der Waals surface area contributed by atoms with Crippen LogP contribution >= 0.6 is 0 Å².